The fourth-order valence-corrected chi connectivity index (χ4v) is 2.65. The van der Waals surface area contributed by atoms with E-state index in [9.17, 15) is 9.18 Å². The molecule has 1 aromatic carbocycles. The minimum atomic E-state index is -0.361. The van der Waals surface area contributed by atoms with Gasteiger partial charge in [0.25, 0.3) is 0 Å². The zero-order chi connectivity index (χ0) is 14.8. The Morgan fingerprint density at radius 3 is 2.90 bits per heavy atom. The van der Waals surface area contributed by atoms with Crippen LogP contribution in [0.1, 0.15) is 18.4 Å². The van der Waals surface area contributed by atoms with E-state index in [4.69, 9.17) is 15.2 Å². The lowest BCUT2D eigenvalue weighted by atomic mass is 10.2. The molecule has 2 N–H and O–H groups in total. The summed E-state index contributed by atoms with van der Waals surface area (Å²) in [6, 6.07) is 4.54. The van der Waals surface area contributed by atoms with Crippen molar-refractivity contribution in [3.63, 3.8) is 0 Å². The fraction of sp³-hybridized carbons (Fsp3) is 0.533. The highest BCUT2D eigenvalue weighted by atomic mass is 19.1. The first kappa shape index (κ1) is 14.3. The molecule has 5 nitrogen and oxygen atoms in total. The number of carbonyl (C=O) groups is 1. The van der Waals surface area contributed by atoms with Crippen molar-refractivity contribution in [1.29, 1.82) is 0 Å². The van der Waals surface area contributed by atoms with E-state index in [1.165, 1.54) is 6.07 Å². The summed E-state index contributed by atoms with van der Waals surface area (Å²) in [5.74, 6) is 0.165. The smallest absolute Gasteiger partial charge is 0.222 e. The Morgan fingerprint density at radius 2 is 2.29 bits per heavy atom. The van der Waals surface area contributed by atoms with Crippen LogP contribution in [0.5, 0.6) is 5.75 Å². The zero-order valence-electron chi connectivity index (χ0n) is 11.8. The number of carbonyl (C=O) groups excluding carboxylic acids is 1. The highest BCUT2D eigenvalue weighted by Crippen LogP contribution is 2.22. The van der Waals surface area contributed by atoms with E-state index in [2.05, 4.69) is 0 Å². The Hall–Kier alpha value is -1.66. The molecule has 2 atom stereocenters. The summed E-state index contributed by atoms with van der Waals surface area (Å²) in [5, 5.41) is 0. The molecular formula is C15H19FN2O3. The van der Waals surface area contributed by atoms with Crippen molar-refractivity contribution >= 4 is 5.91 Å². The third kappa shape index (κ3) is 3.16. The molecule has 2 aliphatic heterocycles. The third-order valence-corrected chi connectivity index (χ3v) is 3.91. The molecular weight excluding hydrogens is 275 g/mol. The van der Waals surface area contributed by atoms with Crippen LogP contribution >= 0.6 is 0 Å². The first-order valence-electron chi connectivity index (χ1n) is 7.19. The maximum Gasteiger partial charge on any atom is 0.222 e. The molecule has 21 heavy (non-hydrogen) atoms. The van der Waals surface area contributed by atoms with Gasteiger partial charge in [-0.05, 0) is 12.5 Å². The van der Waals surface area contributed by atoms with E-state index in [1.807, 2.05) is 0 Å². The first-order valence-corrected chi connectivity index (χ1v) is 7.19. The number of nitrogens with two attached hydrogens (primary N) is 1. The average Bonchev–Trinajstić information content (AvgIpc) is 3.03. The minimum absolute atomic E-state index is 0.0869. The monoisotopic (exact) mass is 294 g/mol. The lowest BCUT2D eigenvalue weighted by Crippen LogP contribution is -2.37. The topological polar surface area (TPSA) is 64.8 Å². The Labute approximate surface area is 122 Å². The number of hydrogen-bond donors (Lipinski definition) is 1. The van der Waals surface area contributed by atoms with E-state index in [0.29, 0.717) is 44.0 Å². The molecule has 1 amide bonds. The lowest BCUT2D eigenvalue weighted by Gasteiger charge is -2.18. The fourth-order valence-electron chi connectivity index (χ4n) is 2.65. The summed E-state index contributed by atoms with van der Waals surface area (Å²) < 4.78 is 25.0. The summed E-state index contributed by atoms with van der Waals surface area (Å²) >= 11 is 0. The Kier molecular flexibility index (Phi) is 4.07. The van der Waals surface area contributed by atoms with Crippen LogP contribution in [0.2, 0.25) is 0 Å². The van der Waals surface area contributed by atoms with Crippen molar-refractivity contribution < 1.29 is 18.7 Å². The van der Waals surface area contributed by atoms with Gasteiger partial charge in [-0.1, -0.05) is 6.07 Å². The van der Waals surface area contributed by atoms with Gasteiger partial charge in [0, 0.05) is 31.1 Å². The average molecular weight is 294 g/mol. The van der Waals surface area contributed by atoms with Gasteiger partial charge in [-0.2, -0.15) is 0 Å². The Bertz CT molecular complexity index is 538. The van der Waals surface area contributed by atoms with E-state index in [1.54, 1.807) is 17.0 Å². The third-order valence-electron chi connectivity index (χ3n) is 3.91. The molecule has 0 spiro atoms. The molecule has 1 aromatic rings. The van der Waals surface area contributed by atoms with Crippen LogP contribution in [0.15, 0.2) is 18.2 Å². The van der Waals surface area contributed by atoms with Crippen LogP contribution in [0.25, 0.3) is 0 Å². The van der Waals surface area contributed by atoms with Crippen molar-refractivity contribution in [1.82, 2.24) is 4.90 Å². The number of halogens is 1. The van der Waals surface area contributed by atoms with Gasteiger partial charge in [0.15, 0.2) is 0 Å². The lowest BCUT2D eigenvalue weighted by molar-refractivity contribution is -0.128. The summed E-state index contributed by atoms with van der Waals surface area (Å²) in [6.07, 6.45) is 1.17. The standard InChI is InChI=1S/C15H19FN2O3/c16-12-6-11(21-14-9-20-8-13(14)17)4-3-10(12)7-18-5-1-2-15(18)19/h3-4,6,13-14H,1-2,5,7-9,17H2. The van der Waals surface area contributed by atoms with E-state index in [-0.39, 0.29) is 23.9 Å². The molecule has 0 aromatic heterocycles. The maximum absolute atomic E-state index is 14.1. The number of likely N-dealkylation sites (tertiary alicyclic amines) is 1. The molecule has 2 heterocycles. The van der Waals surface area contributed by atoms with Crippen LogP contribution < -0.4 is 10.5 Å². The van der Waals surface area contributed by atoms with Gasteiger partial charge in [-0.25, -0.2) is 4.39 Å². The van der Waals surface area contributed by atoms with Crippen molar-refractivity contribution in [2.24, 2.45) is 5.73 Å². The highest BCUT2D eigenvalue weighted by molar-refractivity contribution is 5.78. The van der Waals surface area contributed by atoms with Crippen LogP contribution in [0, 0.1) is 5.82 Å². The van der Waals surface area contributed by atoms with Gasteiger partial charge < -0.3 is 20.1 Å². The summed E-state index contributed by atoms with van der Waals surface area (Å²) in [5.41, 5.74) is 6.34. The molecule has 0 radical (unpaired) electrons. The first-order chi connectivity index (χ1) is 10.1. The second kappa shape index (κ2) is 5.99. The molecule has 2 unspecified atom stereocenters. The molecule has 0 bridgehead atoms. The zero-order valence-corrected chi connectivity index (χ0v) is 11.8. The summed E-state index contributed by atoms with van der Waals surface area (Å²) in [6.45, 7) is 1.90. The molecule has 114 valence electrons. The SMILES string of the molecule is NC1COCC1Oc1ccc(CN2CCCC2=O)c(F)c1. The molecule has 2 saturated heterocycles. The van der Waals surface area contributed by atoms with Crippen LogP contribution in [0.3, 0.4) is 0 Å². The number of amides is 1. The van der Waals surface area contributed by atoms with Crippen LogP contribution in [-0.4, -0.2) is 42.7 Å². The largest absolute Gasteiger partial charge is 0.486 e. The van der Waals surface area contributed by atoms with E-state index in [0.717, 1.165) is 6.42 Å². The number of nitrogens with zero attached hydrogens (tertiary/aromatic N) is 1. The van der Waals surface area contributed by atoms with E-state index >= 15 is 0 Å². The van der Waals surface area contributed by atoms with Gasteiger partial charge in [-0.3, -0.25) is 4.79 Å². The maximum atomic E-state index is 14.1. The Balaban J connectivity index is 1.66. The van der Waals surface area contributed by atoms with Gasteiger partial charge in [0.1, 0.15) is 17.7 Å². The van der Waals surface area contributed by atoms with Crippen LogP contribution in [0.4, 0.5) is 4.39 Å². The van der Waals surface area contributed by atoms with E-state index < -0.39 is 0 Å². The van der Waals surface area contributed by atoms with Crippen molar-refractivity contribution in [3.05, 3.63) is 29.6 Å². The predicted molar refractivity (Wildman–Crippen MR) is 74.3 cm³/mol. The quantitative estimate of drug-likeness (QED) is 0.901. The van der Waals surface area contributed by atoms with Crippen molar-refractivity contribution in [2.45, 2.75) is 31.5 Å². The molecule has 3 rings (SSSR count). The summed E-state index contributed by atoms with van der Waals surface area (Å²) in [4.78, 5) is 13.3. The number of hydrogen-bond acceptors (Lipinski definition) is 4. The second-order valence-corrected chi connectivity index (χ2v) is 5.53. The highest BCUT2D eigenvalue weighted by Gasteiger charge is 2.27. The molecule has 6 heteroatoms. The summed E-state index contributed by atoms with van der Waals surface area (Å²) in [7, 11) is 0. The minimum Gasteiger partial charge on any atom is -0.486 e. The molecule has 2 aliphatic rings. The molecule has 2 fully saturated rings. The van der Waals surface area contributed by atoms with Crippen molar-refractivity contribution in [3.8, 4) is 5.75 Å². The van der Waals surface area contributed by atoms with Gasteiger partial charge in [0.05, 0.1) is 19.3 Å². The second-order valence-electron chi connectivity index (χ2n) is 5.53. The molecule has 0 saturated carbocycles. The van der Waals surface area contributed by atoms with Gasteiger partial charge in [0.2, 0.25) is 5.91 Å². The number of rotatable bonds is 4. The number of ether oxygens (including phenoxy) is 2. The molecule has 0 aliphatic carbocycles. The van der Waals surface area contributed by atoms with Crippen molar-refractivity contribution in [2.75, 3.05) is 19.8 Å². The predicted octanol–water partition coefficient (Wildman–Crippen LogP) is 1.05. The Morgan fingerprint density at radius 1 is 1.43 bits per heavy atom. The normalized spacial score (nSPS) is 25.6. The van der Waals surface area contributed by atoms with Gasteiger partial charge in [-0.15, -0.1) is 0 Å². The van der Waals surface area contributed by atoms with Crippen LogP contribution in [-0.2, 0) is 16.1 Å². The number of benzene rings is 1. The van der Waals surface area contributed by atoms with Gasteiger partial charge >= 0.3 is 0 Å².